The number of allylic oxidation sites excluding steroid dienone is 2. The highest BCUT2D eigenvalue weighted by Gasteiger charge is 2.27. The molecule has 0 bridgehead atoms. The van der Waals surface area contributed by atoms with Crippen molar-refractivity contribution in [1.82, 2.24) is 0 Å². The van der Waals surface area contributed by atoms with Gasteiger partial charge in [-0.05, 0) is 59.3 Å². The molecular formula is C39H45BrO2Si. The van der Waals surface area contributed by atoms with Crippen LogP contribution in [0.5, 0.6) is 0 Å². The second-order valence-electron chi connectivity index (χ2n) is 10.3. The average molecular weight is 654 g/mol. The van der Waals surface area contributed by atoms with Gasteiger partial charge in [0.25, 0.3) is 0 Å². The van der Waals surface area contributed by atoms with Gasteiger partial charge in [0.2, 0.25) is 8.32 Å². The maximum absolute atomic E-state index is 9.96. The normalized spacial score (nSPS) is 16.0. The third-order valence-electron chi connectivity index (χ3n) is 6.42. The van der Waals surface area contributed by atoms with E-state index < -0.39 is 14.4 Å². The molecule has 0 saturated carbocycles. The van der Waals surface area contributed by atoms with Gasteiger partial charge in [-0.15, -0.1) is 0 Å². The molecular weight excluding hydrogens is 608 g/mol. The number of aliphatic hydroxyl groups is 1. The van der Waals surface area contributed by atoms with Crippen LogP contribution < -0.4 is 0 Å². The van der Waals surface area contributed by atoms with E-state index in [1.807, 2.05) is 108 Å². The van der Waals surface area contributed by atoms with E-state index in [9.17, 15) is 5.11 Å². The predicted molar refractivity (Wildman–Crippen MR) is 193 cm³/mol. The molecule has 1 aliphatic heterocycles. The first-order chi connectivity index (χ1) is 20.5. The van der Waals surface area contributed by atoms with Crippen LogP contribution >= 0.6 is 15.9 Å². The van der Waals surface area contributed by atoms with Crippen LogP contribution in [0, 0.1) is 0 Å². The van der Waals surface area contributed by atoms with Crippen LogP contribution in [-0.2, 0) is 4.43 Å². The van der Waals surface area contributed by atoms with Crippen molar-refractivity contribution >= 4 is 36.4 Å². The van der Waals surface area contributed by atoms with Gasteiger partial charge in [0.05, 0.1) is 12.2 Å². The molecule has 0 aliphatic carbocycles. The molecule has 224 valence electrons. The van der Waals surface area contributed by atoms with Gasteiger partial charge >= 0.3 is 0 Å². The number of hydrogen-bond donors (Lipinski definition) is 1. The van der Waals surface area contributed by atoms with Crippen molar-refractivity contribution in [3.05, 3.63) is 179 Å². The number of aliphatic hydroxyl groups excluding tert-OH is 1. The Morgan fingerprint density at radius 2 is 1.28 bits per heavy atom. The first kappa shape index (κ1) is 35.7. The van der Waals surface area contributed by atoms with Crippen LogP contribution in [0.25, 0.3) is 12.2 Å². The number of halogens is 1. The first-order valence-electron chi connectivity index (χ1n) is 14.3. The standard InChI is InChI=1S/C18H18O.C12H16OSi.C8H7Br.CH4/c19-18(17-13-7-3-8-14-17)15-9-2-6-12-16-10-4-1-5-11-16;1-14(2)10-6-9-12(13-14)11-7-4-3-5-8-11;9-7-6-8-4-2-1-3-5-8;/h1-14,18-19H,15H2;3-8,10,12H,9H2,1-2H3;1-7H;1H4/b9-2-,12-6+;;7-6+;. The third kappa shape index (κ3) is 14.5. The summed E-state index contributed by atoms with van der Waals surface area (Å²) in [6.45, 7) is 4.47. The Bertz CT molecular complexity index is 1380. The SMILES string of the molecule is Br/C=C/c1ccccc1.C.C[Si]1(C)C=CCC(c2ccccc2)O1.OC(C/C=C\C=C\c1ccccc1)c1ccccc1. The molecule has 1 heterocycles. The van der Waals surface area contributed by atoms with E-state index in [1.165, 1.54) is 16.7 Å². The summed E-state index contributed by atoms with van der Waals surface area (Å²) in [6, 6.07) is 40.5. The van der Waals surface area contributed by atoms with Gasteiger partial charge in [-0.2, -0.15) is 0 Å². The van der Waals surface area contributed by atoms with Gasteiger partial charge < -0.3 is 9.53 Å². The molecule has 4 heteroatoms. The van der Waals surface area contributed by atoms with Crippen LogP contribution in [0.1, 0.15) is 54.7 Å². The van der Waals surface area contributed by atoms with Gasteiger partial charge in [0.1, 0.15) is 0 Å². The van der Waals surface area contributed by atoms with Crippen LogP contribution in [0.4, 0.5) is 0 Å². The highest BCUT2D eigenvalue weighted by molar-refractivity contribution is 9.11. The summed E-state index contributed by atoms with van der Waals surface area (Å²) < 4.78 is 6.11. The number of benzene rings is 4. The molecule has 2 atom stereocenters. The second kappa shape index (κ2) is 20.4. The molecule has 5 rings (SSSR count). The Labute approximate surface area is 269 Å². The number of rotatable bonds is 7. The van der Waals surface area contributed by atoms with Crippen molar-refractivity contribution < 1.29 is 9.53 Å². The van der Waals surface area contributed by atoms with E-state index in [-0.39, 0.29) is 13.5 Å². The molecule has 0 spiro atoms. The summed E-state index contributed by atoms with van der Waals surface area (Å²) in [5, 5.41) is 9.96. The van der Waals surface area contributed by atoms with Crippen LogP contribution in [0.2, 0.25) is 13.1 Å². The zero-order valence-corrected chi connectivity index (χ0v) is 27.1. The number of hydrogen-bond acceptors (Lipinski definition) is 2. The summed E-state index contributed by atoms with van der Waals surface area (Å²) in [6.07, 6.45) is 13.8. The van der Waals surface area contributed by atoms with E-state index in [1.54, 1.807) is 0 Å². The van der Waals surface area contributed by atoms with E-state index in [2.05, 4.69) is 89.3 Å². The lowest BCUT2D eigenvalue weighted by molar-refractivity contribution is 0.181. The minimum absolute atomic E-state index is 0. The highest BCUT2D eigenvalue weighted by atomic mass is 79.9. The first-order valence-corrected chi connectivity index (χ1v) is 18.2. The molecule has 0 radical (unpaired) electrons. The predicted octanol–water partition coefficient (Wildman–Crippen LogP) is 11.5. The zero-order valence-electron chi connectivity index (χ0n) is 24.5. The van der Waals surface area contributed by atoms with Gasteiger partial charge in [0, 0.05) is 0 Å². The Hall–Kier alpha value is -3.54. The topological polar surface area (TPSA) is 29.5 Å². The van der Waals surface area contributed by atoms with Crippen molar-refractivity contribution in [2.45, 2.75) is 45.6 Å². The van der Waals surface area contributed by atoms with Gasteiger partial charge in [0.15, 0.2) is 0 Å². The molecule has 1 N–H and O–H groups in total. The quantitative estimate of drug-likeness (QED) is 0.159. The molecule has 0 amide bonds. The van der Waals surface area contributed by atoms with Gasteiger partial charge in [-0.25, -0.2) is 0 Å². The van der Waals surface area contributed by atoms with Crippen LogP contribution in [0.15, 0.2) is 156 Å². The van der Waals surface area contributed by atoms with E-state index in [4.69, 9.17) is 4.43 Å². The highest BCUT2D eigenvalue weighted by Crippen LogP contribution is 2.30. The maximum Gasteiger partial charge on any atom is 0.211 e. The Kier molecular flexibility index (Phi) is 16.9. The fourth-order valence-corrected chi connectivity index (χ4v) is 6.32. The molecule has 2 nitrogen and oxygen atoms in total. The van der Waals surface area contributed by atoms with Crippen LogP contribution in [-0.4, -0.2) is 13.4 Å². The molecule has 0 fully saturated rings. The fraction of sp³-hybridized carbons (Fsp3) is 0.179. The molecule has 0 saturated heterocycles. The minimum Gasteiger partial charge on any atom is -0.406 e. The summed E-state index contributed by atoms with van der Waals surface area (Å²) in [5.41, 5.74) is 6.92. The molecule has 2 unspecified atom stereocenters. The van der Waals surface area contributed by atoms with Crippen molar-refractivity contribution in [2.24, 2.45) is 0 Å². The molecule has 4 aromatic carbocycles. The smallest absolute Gasteiger partial charge is 0.211 e. The molecule has 1 aliphatic rings. The molecule has 4 aromatic rings. The van der Waals surface area contributed by atoms with Gasteiger partial charge in [-0.1, -0.05) is 181 Å². The summed E-state index contributed by atoms with van der Waals surface area (Å²) in [5.74, 6) is 0. The molecule has 43 heavy (non-hydrogen) atoms. The van der Waals surface area contributed by atoms with E-state index >= 15 is 0 Å². The monoisotopic (exact) mass is 652 g/mol. The average Bonchev–Trinajstić information content (AvgIpc) is 3.03. The van der Waals surface area contributed by atoms with Gasteiger partial charge in [-0.3, -0.25) is 0 Å². The van der Waals surface area contributed by atoms with Crippen molar-refractivity contribution in [3.63, 3.8) is 0 Å². The minimum atomic E-state index is -1.52. The van der Waals surface area contributed by atoms with Crippen molar-refractivity contribution in [2.75, 3.05) is 0 Å². The summed E-state index contributed by atoms with van der Waals surface area (Å²) in [4.78, 5) is 1.85. The van der Waals surface area contributed by atoms with Crippen molar-refractivity contribution in [3.8, 4) is 0 Å². The Balaban J connectivity index is 0.000000237. The lowest BCUT2D eigenvalue weighted by atomic mass is 10.1. The largest absolute Gasteiger partial charge is 0.406 e. The van der Waals surface area contributed by atoms with E-state index in [0.717, 1.165) is 12.0 Å². The fourth-order valence-electron chi connectivity index (χ4n) is 4.27. The van der Waals surface area contributed by atoms with Crippen molar-refractivity contribution in [1.29, 1.82) is 0 Å². The summed E-state index contributed by atoms with van der Waals surface area (Å²) in [7, 11) is -1.52. The summed E-state index contributed by atoms with van der Waals surface area (Å²) >= 11 is 3.21. The Morgan fingerprint density at radius 1 is 0.767 bits per heavy atom. The zero-order chi connectivity index (χ0) is 29.9. The maximum atomic E-state index is 9.96. The van der Waals surface area contributed by atoms with E-state index in [0.29, 0.717) is 6.42 Å². The Morgan fingerprint density at radius 3 is 1.81 bits per heavy atom. The molecule has 0 aromatic heterocycles. The third-order valence-corrected chi connectivity index (χ3v) is 8.62. The second-order valence-corrected chi connectivity index (χ2v) is 14.6. The lowest BCUT2D eigenvalue weighted by Crippen LogP contribution is -2.32. The lowest BCUT2D eigenvalue weighted by Gasteiger charge is -2.30. The van der Waals surface area contributed by atoms with Crippen LogP contribution in [0.3, 0.4) is 0 Å².